The van der Waals surface area contributed by atoms with Crippen LogP contribution >= 0.6 is 11.6 Å². The van der Waals surface area contributed by atoms with Crippen molar-refractivity contribution in [3.8, 4) is 11.5 Å². The van der Waals surface area contributed by atoms with E-state index in [9.17, 15) is 4.79 Å². The molecule has 1 aromatic heterocycles. The lowest BCUT2D eigenvalue weighted by atomic mass is 10.1. The third-order valence-electron chi connectivity index (χ3n) is 4.57. The molecule has 29 heavy (non-hydrogen) atoms. The normalized spacial score (nSPS) is 15.8. The Balaban J connectivity index is 1.73. The molecule has 0 spiro atoms. The molecule has 0 aliphatic carbocycles. The Morgan fingerprint density at radius 3 is 2.41 bits per heavy atom. The molecule has 1 aliphatic heterocycles. The number of pyridine rings is 1. The van der Waals surface area contributed by atoms with Crippen LogP contribution in [0.25, 0.3) is 10.9 Å². The standard InChI is InChI=1S/C21H18ClN3O4/c1-12(26)25-21(29-20(24-25)13-4-6-15(27-2)7-5-13)17-11-14-10-16(28-3)8-9-18(14)23-19(17)22/h4-11,21H,1-3H3. The molecular formula is C21H18ClN3O4. The number of benzene rings is 2. The van der Waals surface area contributed by atoms with Crippen LogP contribution < -0.4 is 9.47 Å². The Labute approximate surface area is 172 Å². The van der Waals surface area contributed by atoms with E-state index in [0.717, 1.165) is 5.39 Å². The van der Waals surface area contributed by atoms with Crippen molar-refractivity contribution in [2.24, 2.45) is 5.10 Å². The Kier molecular flexibility index (Phi) is 4.98. The van der Waals surface area contributed by atoms with E-state index in [1.807, 2.05) is 36.4 Å². The van der Waals surface area contributed by atoms with Crippen LogP contribution in [-0.2, 0) is 9.53 Å². The monoisotopic (exact) mass is 411 g/mol. The number of halogens is 1. The van der Waals surface area contributed by atoms with E-state index in [2.05, 4.69) is 10.1 Å². The number of hydrazone groups is 1. The Bertz CT molecular complexity index is 1110. The molecule has 0 radical (unpaired) electrons. The molecule has 0 N–H and O–H groups in total. The number of amides is 1. The van der Waals surface area contributed by atoms with Gasteiger partial charge in [0.15, 0.2) is 0 Å². The quantitative estimate of drug-likeness (QED) is 0.603. The number of nitrogens with zero attached hydrogens (tertiary/aromatic N) is 3. The van der Waals surface area contributed by atoms with E-state index in [0.29, 0.717) is 34.0 Å². The highest BCUT2D eigenvalue weighted by molar-refractivity contribution is 6.30. The van der Waals surface area contributed by atoms with Gasteiger partial charge in [-0.15, -0.1) is 5.10 Å². The van der Waals surface area contributed by atoms with Crippen LogP contribution in [0.4, 0.5) is 0 Å². The highest BCUT2D eigenvalue weighted by atomic mass is 35.5. The molecule has 2 heterocycles. The predicted molar refractivity (Wildman–Crippen MR) is 109 cm³/mol. The summed E-state index contributed by atoms with van der Waals surface area (Å²) >= 11 is 6.43. The Morgan fingerprint density at radius 1 is 1.07 bits per heavy atom. The second-order valence-corrected chi connectivity index (χ2v) is 6.75. The van der Waals surface area contributed by atoms with Gasteiger partial charge in [0.1, 0.15) is 16.7 Å². The number of fused-ring (bicyclic) bond motifs is 1. The third kappa shape index (κ3) is 3.56. The van der Waals surface area contributed by atoms with Gasteiger partial charge in [-0.25, -0.2) is 4.98 Å². The van der Waals surface area contributed by atoms with Crippen molar-refractivity contribution in [2.45, 2.75) is 13.2 Å². The van der Waals surface area contributed by atoms with Gasteiger partial charge in [0, 0.05) is 17.9 Å². The molecule has 1 amide bonds. The fraction of sp³-hybridized carbons (Fsp3) is 0.190. The van der Waals surface area contributed by atoms with Gasteiger partial charge >= 0.3 is 0 Å². The maximum atomic E-state index is 12.2. The Hall–Kier alpha value is -3.32. The van der Waals surface area contributed by atoms with Crippen molar-refractivity contribution in [1.82, 2.24) is 9.99 Å². The zero-order chi connectivity index (χ0) is 20.5. The van der Waals surface area contributed by atoms with Crippen molar-refractivity contribution in [2.75, 3.05) is 14.2 Å². The fourth-order valence-corrected chi connectivity index (χ4v) is 3.31. The molecular weight excluding hydrogens is 394 g/mol. The fourth-order valence-electron chi connectivity index (χ4n) is 3.07. The Morgan fingerprint density at radius 2 is 1.76 bits per heavy atom. The molecule has 8 heteroatoms. The summed E-state index contributed by atoms with van der Waals surface area (Å²) in [6.07, 6.45) is -0.819. The molecule has 0 fully saturated rings. The van der Waals surface area contributed by atoms with Crippen molar-refractivity contribution in [1.29, 1.82) is 0 Å². The molecule has 0 saturated heterocycles. The summed E-state index contributed by atoms with van der Waals surface area (Å²) in [5, 5.41) is 6.67. The minimum atomic E-state index is -0.819. The first-order chi connectivity index (χ1) is 14.0. The van der Waals surface area contributed by atoms with Crippen LogP contribution in [0.1, 0.15) is 24.3 Å². The van der Waals surface area contributed by atoms with Crippen LogP contribution in [0.5, 0.6) is 11.5 Å². The summed E-state index contributed by atoms with van der Waals surface area (Å²) in [4.78, 5) is 16.7. The number of hydrogen-bond donors (Lipinski definition) is 0. The smallest absolute Gasteiger partial charge is 0.243 e. The summed E-state index contributed by atoms with van der Waals surface area (Å²) in [5.41, 5.74) is 1.96. The first kappa shape index (κ1) is 19.0. The average molecular weight is 412 g/mol. The molecule has 1 unspecified atom stereocenters. The van der Waals surface area contributed by atoms with E-state index < -0.39 is 6.23 Å². The summed E-state index contributed by atoms with van der Waals surface area (Å²) < 4.78 is 16.5. The second kappa shape index (κ2) is 7.60. The minimum absolute atomic E-state index is 0.241. The highest BCUT2D eigenvalue weighted by Gasteiger charge is 2.35. The second-order valence-electron chi connectivity index (χ2n) is 6.39. The van der Waals surface area contributed by atoms with Crippen molar-refractivity contribution < 1.29 is 19.0 Å². The van der Waals surface area contributed by atoms with Gasteiger partial charge in [-0.3, -0.25) is 4.79 Å². The van der Waals surface area contributed by atoms with Crippen LogP contribution in [0.3, 0.4) is 0 Å². The highest BCUT2D eigenvalue weighted by Crippen LogP contribution is 2.36. The van der Waals surface area contributed by atoms with Crippen LogP contribution in [0.2, 0.25) is 5.15 Å². The van der Waals surface area contributed by atoms with Crippen molar-refractivity contribution >= 4 is 34.3 Å². The number of methoxy groups -OCH3 is 2. The maximum Gasteiger partial charge on any atom is 0.243 e. The average Bonchev–Trinajstić information content (AvgIpc) is 3.18. The lowest BCUT2D eigenvalue weighted by molar-refractivity contribution is -0.135. The van der Waals surface area contributed by atoms with Gasteiger partial charge < -0.3 is 14.2 Å². The summed E-state index contributed by atoms with van der Waals surface area (Å²) in [6.45, 7) is 1.42. The molecule has 7 nitrogen and oxygen atoms in total. The third-order valence-corrected chi connectivity index (χ3v) is 4.87. The summed E-state index contributed by atoms with van der Waals surface area (Å²) in [5.74, 6) is 1.44. The number of hydrogen-bond acceptors (Lipinski definition) is 6. The van der Waals surface area contributed by atoms with E-state index in [4.69, 9.17) is 25.8 Å². The van der Waals surface area contributed by atoms with E-state index in [1.54, 1.807) is 26.4 Å². The van der Waals surface area contributed by atoms with E-state index >= 15 is 0 Å². The first-order valence-electron chi connectivity index (χ1n) is 8.84. The lowest BCUT2D eigenvalue weighted by Crippen LogP contribution is -2.25. The minimum Gasteiger partial charge on any atom is -0.497 e. The van der Waals surface area contributed by atoms with Gasteiger partial charge in [-0.1, -0.05) is 11.6 Å². The molecule has 1 atom stereocenters. The van der Waals surface area contributed by atoms with E-state index in [-0.39, 0.29) is 11.1 Å². The first-order valence-corrected chi connectivity index (χ1v) is 9.21. The topological polar surface area (TPSA) is 73.2 Å². The van der Waals surface area contributed by atoms with Gasteiger partial charge in [0.2, 0.25) is 18.0 Å². The van der Waals surface area contributed by atoms with Gasteiger partial charge in [0.05, 0.1) is 25.3 Å². The summed E-state index contributed by atoms with van der Waals surface area (Å²) in [7, 11) is 3.19. The molecule has 3 aromatic rings. The van der Waals surface area contributed by atoms with Crippen LogP contribution in [0, 0.1) is 0 Å². The molecule has 148 valence electrons. The number of aromatic nitrogens is 1. The number of carbonyl (C=O) groups is 1. The SMILES string of the molecule is COc1ccc(C2=NN(C(C)=O)C(c3cc4cc(OC)ccc4nc3Cl)O2)cc1. The zero-order valence-corrected chi connectivity index (χ0v) is 16.8. The van der Waals surface area contributed by atoms with Gasteiger partial charge in [0.25, 0.3) is 0 Å². The number of carbonyl (C=O) groups excluding carboxylic acids is 1. The lowest BCUT2D eigenvalue weighted by Gasteiger charge is -2.20. The van der Waals surface area contributed by atoms with Crippen molar-refractivity contribution in [3.05, 3.63) is 64.8 Å². The molecule has 4 rings (SSSR count). The van der Waals surface area contributed by atoms with Crippen LogP contribution in [-0.4, -0.2) is 36.0 Å². The largest absolute Gasteiger partial charge is 0.497 e. The van der Waals surface area contributed by atoms with E-state index in [1.165, 1.54) is 11.9 Å². The number of ether oxygens (including phenoxy) is 3. The van der Waals surface area contributed by atoms with Gasteiger partial charge in [-0.2, -0.15) is 5.01 Å². The van der Waals surface area contributed by atoms with Crippen molar-refractivity contribution in [3.63, 3.8) is 0 Å². The summed E-state index contributed by atoms with van der Waals surface area (Å²) in [6, 6.07) is 14.5. The number of rotatable bonds is 4. The zero-order valence-electron chi connectivity index (χ0n) is 16.0. The molecule has 0 bridgehead atoms. The molecule has 0 saturated carbocycles. The van der Waals surface area contributed by atoms with Crippen LogP contribution in [0.15, 0.2) is 53.6 Å². The van der Waals surface area contributed by atoms with Gasteiger partial charge in [-0.05, 0) is 48.5 Å². The maximum absolute atomic E-state index is 12.2. The predicted octanol–water partition coefficient (Wildman–Crippen LogP) is 4.14. The molecule has 2 aromatic carbocycles. The molecule has 1 aliphatic rings.